The number of hydrogen-bond acceptors (Lipinski definition) is 5. The van der Waals surface area contributed by atoms with Gasteiger partial charge in [0, 0.05) is 48.7 Å². The normalized spacial score (nSPS) is 15.0. The van der Waals surface area contributed by atoms with Crippen LogP contribution in [0.4, 0.5) is 5.69 Å². The Morgan fingerprint density at radius 1 is 1.12 bits per heavy atom. The van der Waals surface area contributed by atoms with Gasteiger partial charge >= 0.3 is 5.97 Å². The van der Waals surface area contributed by atoms with Crippen molar-refractivity contribution in [2.45, 2.75) is 32.7 Å². The molecule has 3 heterocycles. The van der Waals surface area contributed by atoms with Crippen LogP contribution >= 0.6 is 0 Å². The van der Waals surface area contributed by atoms with Crippen molar-refractivity contribution in [3.05, 3.63) is 77.8 Å². The second-order valence-corrected chi connectivity index (χ2v) is 8.30. The van der Waals surface area contributed by atoms with E-state index in [1.165, 1.54) is 12.8 Å². The number of rotatable bonds is 6. The topological polar surface area (TPSA) is 72.1 Å². The first-order chi connectivity index (χ1) is 16.7. The highest BCUT2D eigenvalue weighted by atomic mass is 16.5. The number of para-hydroxylation sites is 1. The first-order valence-electron chi connectivity index (χ1n) is 11.8. The maximum atomic E-state index is 11.7. The van der Waals surface area contributed by atoms with Gasteiger partial charge in [0.1, 0.15) is 5.75 Å². The van der Waals surface area contributed by atoms with Crippen LogP contribution in [0.5, 0.6) is 5.75 Å². The minimum absolute atomic E-state index is 0.413. The molecule has 2 aliphatic rings. The molecule has 2 aromatic carbocycles. The fourth-order valence-corrected chi connectivity index (χ4v) is 4.19. The number of aliphatic carboxylic acids is 1. The average Bonchev–Trinajstić information content (AvgIpc) is 3.56. The van der Waals surface area contributed by atoms with Crippen molar-refractivity contribution in [3.63, 3.8) is 0 Å². The lowest BCUT2D eigenvalue weighted by Gasteiger charge is -2.25. The van der Waals surface area contributed by atoms with E-state index in [0.717, 1.165) is 46.9 Å². The first kappa shape index (κ1) is 23.6. The van der Waals surface area contributed by atoms with Crippen LogP contribution in [0, 0.1) is 0 Å². The summed E-state index contributed by atoms with van der Waals surface area (Å²) in [5, 5.41) is 9.61. The molecule has 5 rings (SSSR count). The summed E-state index contributed by atoms with van der Waals surface area (Å²) in [6.45, 7) is 5.84. The van der Waals surface area contributed by atoms with E-state index in [4.69, 9.17) is 13.9 Å². The number of nitrogens with zero attached hydrogens (tertiary/aromatic N) is 1. The molecule has 0 aliphatic carbocycles. The molecule has 0 bridgehead atoms. The van der Waals surface area contributed by atoms with Crippen LogP contribution in [-0.4, -0.2) is 37.4 Å². The van der Waals surface area contributed by atoms with Gasteiger partial charge in [0.2, 0.25) is 0 Å². The molecule has 3 aromatic rings. The third-order valence-electron chi connectivity index (χ3n) is 5.90. The Morgan fingerprint density at radius 3 is 2.62 bits per heavy atom. The molecule has 0 radical (unpaired) electrons. The molecule has 34 heavy (non-hydrogen) atoms. The van der Waals surface area contributed by atoms with E-state index in [2.05, 4.69) is 17.0 Å². The van der Waals surface area contributed by atoms with Crippen molar-refractivity contribution in [2.24, 2.45) is 0 Å². The van der Waals surface area contributed by atoms with Gasteiger partial charge in [0.05, 0.1) is 19.1 Å². The van der Waals surface area contributed by atoms with E-state index in [9.17, 15) is 9.90 Å². The largest absolute Gasteiger partial charge is 0.493 e. The summed E-state index contributed by atoms with van der Waals surface area (Å²) in [5.41, 5.74) is 5.37. The van der Waals surface area contributed by atoms with Gasteiger partial charge in [-0.15, -0.1) is 0 Å². The van der Waals surface area contributed by atoms with Crippen LogP contribution in [0.1, 0.15) is 37.3 Å². The lowest BCUT2D eigenvalue weighted by molar-refractivity contribution is -0.132. The molecule has 0 amide bonds. The van der Waals surface area contributed by atoms with Gasteiger partial charge in [0.25, 0.3) is 0 Å². The summed E-state index contributed by atoms with van der Waals surface area (Å²) < 4.78 is 15.9. The molecule has 6 heteroatoms. The van der Waals surface area contributed by atoms with Gasteiger partial charge in [-0.2, -0.15) is 0 Å². The number of ether oxygens (including phenoxy) is 2. The van der Waals surface area contributed by atoms with E-state index in [-0.39, 0.29) is 0 Å². The van der Waals surface area contributed by atoms with Crippen molar-refractivity contribution in [3.8, 4) is 16.9 Å². The molecule has 0 unspecified atom stereocenters. The quantitative estimate of drug-likeness (QED) is 0.484. The number of anilines is 1. The van der Waals surface area contributed by atoms with Crippen molar-refractivity contribution >= 4 is 17.7 Å². The molecular weight excluding hydrogens is 430 g/mol. The van der Waals surface area contributed by atoms with E-state index in [1.807, 2.05) is 43.3 Å². The zero-order valence-electron chi connectivity index (χ0n) is 19.5. The Morgan fingerprint density at radius 2 is 1.94 bits per heavy atom. The predicted octanol–water partition coefficient (Wildman–Crippen LogP) is 6.02. The predicted molar refractivity (Wildman–Crippen MR) is 133 cm³/mol. The van der Waals surface area contributed by atoms with Crippen molar-refractivity contribution in [1.29, 1.82) is 0 Å². The first-order valence-corrected chi connectivity index (χ1v) is 11.8. The lowest BCUT2D eigenvalue weighted by Crippen LogP contribution is -2.24. The Balaban J connectivity index is 0.000000486. The molecule has 0 saturated carbocycles. The smallest absolute Gasteiger partial charge is 0.331 e. The highest BCUT2D eigenvalue weighted by Gasteiger charge is 2.20. The van der Waals surface area contributed by atoms with Gasteiger partial charge in [-0.05, 0) is 67.7 Å². The van der Waals surface area contributed by atoms with Crippen LogP contribution in [0.3, 0.4) is 0 Å². The zero-order chi connectivity index (χ0) is 23.8. The van der Waals surface area contributed by atoms with Gasteiger partial charge < -0.3 is 23.9 Å². The van der Waals surface area contributed by atoms with Crippen LogP contribution in [-0.2, 0) is 16.1 Å². The SMILES string of the molecule is C1CCOC1.CCOc1ccccc1-c1ccc2c(c1)C=C(C(=O)O)CCN2Cc1ccoc1. The summed E-state index contributed by atoms with van der Waals surface area (Å²) in [5.74, 6) is -0.0532. The minimum Gasteiger partial charge on any atom is -0.493 e. The Bertz CT molecular complexity index is 1110. The van der Waals surface area contributed by atoms with E-state index < -0.39 is 5.97 Å². The van der Waals surface area contributed by atoms with Crippen molar-refractivity contribution < 1.29 is 23.8 Å². The number of carboxylic acids is 1. The van der Waals surface area contributed by atoms with Crippen LogP contribution < -0.4 is 9.64 Å². The Labute approximate surface area is 200 Å². The molecule has 2 aliphatic heterocycles. The number of furan rings is 1. The molecule has 6 nitrogen and oxygen atoms in total. The summed E-state index contributed by atoms with van der Waals surface area (Å²) in [7, 11) is 0. The molecule has 0 atom stereocenters. The molecule has 1 fully saturated rings. The van der Waals surface area contributed by atoms with Gasteiger partial charge in [-0.3, -0.25) is 0 Å². The average molecular weight is 462 g/mol. The fraction of sp³-hybridized carbons (Fsp3) is 0.321. The highest BCUT2D eigenvalue weighted by molar-refractivity contribution is 5.94. The molecule has 1 N–H and O–H groups in total. The second-order valence-electron chi connectivity index (χ2n) is 8.30. The van der Waals surface area contributed by atoms with Crippen LogP contribution in [0.2, 0.25) is 0 Å². The maximum Gasteiger partial charge on any atom is 0.331 e. The number of benzene rings is 2. The highest BCUT2D eigenvalue weighted by Crippen LogP contribution is 2.36. The molecular formula is C28H31NO5. The maximum absolute atomic E-state index is 11.7. The third-order valence-corrected chi connectivity index (χ3v) is 5.90. The van der Waals surface area contributed by atoms with E-state index in [0.29, 0.717) is 31.7 Å². The second kappa shape index (κ2) is 11.6. The monoisotopic (exact) mass is 461 g/mol. The van der Waals surface area contributed by atoms with Crippen LogP contribution in [0.15, 0.2) is 71.0 Å². The van der Waals surface area contributed by atoms with E-state index >= 15 is 0 Å². The number of carbonyl (C=O) groups is 1. The summed E-state index contributed by atoms with van der Waals surface area (Å²) in [6.07, 6.45) is 8.21. The molecule has 178 valence electrons. The molecule has 0 spiro atoms. The summed E-state index contributed by atoms with van der Waals surface area (Å²) in [4.78, 5) is 13.9. The Kier molecular flexibility index (Phi) is 8.04. The summed E-state index contributed by atoms with van der Waals surface area (Å²) in [6, 6.07) is 16.0. The number of hydrogen-bond donors (Lipinski definition) is 1. The minimum atomic E-state index is -0.874. The number of fused-ring (bicyclic) bond motifs is 1. The zero-order valence-corrected chi connectivity index (χ0v) is 19.5. The lowest BCUT2D eigenvalue weighted by atomic mass is 9.99. The summed E-state index contributed by atoms with van der Waals surface area (Å²) >= 11 is 0. The van der Waals surface area contributed by atoms with Gasteiger partial charge in [0.15, 0.2) is 0 Å². The van der Waals surface area contributed by atoms with Crippen LogP contribution in [0.25, 0.3) is 17.2 Å². The Hall–Kier alpha value is -3.51. The third kappa shape index (κ3) is 5.88. The molecule has 1 saturated heterocycles. The molecule has 1 aromatic heterocycles. The standard InChI is InChI=1S/C24H23NO4.C4H8O/c1-2-29-23-6-4-3-5-21(23)18-7-8-22-20(13-18)14-19(24(26)27)9-11-25(22)15-17-10-12-28-16-17;1-2-4-5-3-1/h3-8,10,12-14,16H,2,9,11,15H2,1H3,(H,26,27);1-4H2. The van der Waals surface area contributed by atoms with Gasteiger partial charge in [-0.25, -0.2) is 4.79 Å². The van der Waals surface area contributed by atoms with Gasteiger partial charge in [-0.1, -0.05) is 24.3 Å². The fourth-order valence-electron chi connectivity index (χ4n) is 4.19. The number of carboxylic acid groups (broad SMARTS) is 1. The van der Waals surface area contributed by atoms with E-state index in [1.54, 1.807) is 18.6 Å². The van der Waals surface area contributed by atoms with Crippen molar-refractivity contribution in [1.82, 2.24) is 0 Å². The van der Waals surface area contributed by atoms with Crippen molar-refractivity contribution in [2.75, 3.05) is 31.3 Å².